The van der Waals surface area contributed by atoms with Crippen molar-refractivity contribution in [2.24, 2.45) is 7.05 Å². The fourth-order valence-corrected chi connectivity index (χ4v) is 3.55. The number of piperidine rings is 1. The summed E-state index contributed by atoms with van der Waals surface area (Å²) in [6.07, 6.45) is 5.77. The van der Waals surface area contributed by atoms with Gasteiger partial charge >= 0.3 is 0 Å². The molecule has 140 valence electrons. The lowest BCUT2D eigenvalue weighted by Gasteiger charge is -2.37. The number of hydrogen-bond donors (Lipinski definition) is 0. The van der Waals surface area contributed by atoms with Crippen molar-refractivity contribution in [3.05, 3.63) is 42.5 Å². The van der Waals surface area contributed by atoms with E-state index < -0.39 is 5.60 Å². The van der Waals surface area contributed by atoms with Gasteiger partial charge in [0.1, 0.15) is 5.82 Å². The van der Waals surface area contributed by atoms with E-state index >= 15 is 0 Å². The molecule has 2 heterocycles. The quantitative estimate of drug-likeness (QED) is 0.825. The number of hydrogen-bond acceptors (Lipinski definition) is 4. The number of aromatic nitrogens is 2. The third kappa shape index (κ3) is 3.69. The number of ether oxygens (including phenoxy) is 2. The highest BCUT2D eigenvalue weighted by Crippen LogP contribution is 2.32. The van der Waals surface area contributed by atoms with E-state index in [2.05, 4.69) is 4.98 Å². The Kier molecular flexibility index (Phi) is 5.20. The van der Waals surface area contributed by atoms with Gasteiger partial charge in [-0.1, -0.05) is 12.1 Å². The van der Waals surface area contributed by atoms with Crippen molar-refractivity contribution >= 4 is 5.91 Å². The number of benzene rings is 1. The monoisotopic (exact) mass is 357 g/mol. The van der Waals surface area contributed by atoms with Crippen molar-refractivity contribution in [1.29, 1.82) is 0 Å². The molecular formula is C20H27N3O3. The van der Waals surface area contributed by atoms with Crippen molar-refractivity contribution in [2.75, 3.05) is 20.2 Å². The lowest BCUT2D eigenvalue weighted by atomic mass is 9.95. The number of methoxy groups -OCH3 is 1. The average molecular weight is 357 g/mol. The number of amides is 1. The minimum atomic E-state index is -0.974. The predicted molar refractivity (Wildman–Crippen MR) is 99.5 cm³/mol. The van der Waals surface area contributed by atoms with E-state index in [1.807, 2.05) is 67.0 Å². The van der Waals surface area contributed by atoms with Gasteiger partial charge in [0.2, 0.25) is 0 Å². The number of para-hydroxylation sites is 2. The molecule has 0 radical (unpaired) electrons. The zero-order chi connectivity index (χ0) is 18.7. The van der Waals surface area contributed by atoms with Crippen LogP contribution in [0.3, 0.4) is 0 Å². The van der Waals surface area contributed by atoms with Crippen molar-refractivity contribution in [3.63, 3.8) is 0 Å². The first-order chi connectivity index (χ1) is 12.4. The van der Waals surface area contributed by atoms with Crippen LogP contribution >= 0.6 is 0 Å². The van der Waals surface area contributed by atoms with Crippen molar-refractivity contribution in [1.82, 2.24) is 14.5 Å². The van der Waals surface area contributed by atoms with Gasteiger partial charge < -0.3 is 18.9 Å². The molecule has 0 bridgehead atoms. The fraction of sp³-hybridized carbons (Fsp3) is 0.500. The largest absolute Gasteiger partial charge is 0.493 e. The second kappa shape index (κ2) is 7.40. The smallest absolute Gasteiger partial charge is 0.266 e. The number of imidazole rings is 1. The molecule has 1 aliphatic heterocycles. The van der Waals surface area contributed by atoms with Crippen LogP contribution in [-0.4, -0.2) is 46.2 Å². The van der Waals surface area contributed by atoms with Crippen LogP contribution in [0.1, 0.15) is 38.4 Å². The van der Waals surface area contributed by atoms with Crippen LogP contribution in [0.2, 0.25) is 0 Å². The Balaban J connectivity index is 1.73. The molecule has 0 saturated carbocycles. The maximum Gasteiger partial charge on any atom is 0.266 e. The zero-order valence-corrected chi connectivity index (χ0v) is 15.9. The lowest BCUT2D eigenvalue weighted by molar-refractivity contribution is -0.146. The highest BCUT2D eigenvalue weighted by atomic mass is 16.5. The number of aryl methyl sites for hydroxylation is 1. The number of rotatable bonds is 5. The van der Waals surface area contributed by atoms with Gasteiger partial charge in [0.05, 0.1) is 7.11 Å². The minimum absolute atomic E-state index is 0.0117. The third-order valence-corrected chi connectivity index (χ3v) is 4.88. The third-order valence-electron chi connectivity index (χ3n) is 4.88. The second-order valence-corrected chi connectivity index (χ2v) is 7.25. The Labute approximate surface area is 154 Å². The van der Waals surface area contributed by atoms with Gasteiger partial charge in [-0.15, -0.1) is 0 Å². The zero-order valence-electron chi connectivity index (χ0n) is 15.9. The predicted octanol–water partition coefficient (Wildman–Crippen LogP) is 2.99. The number of nitrogens with zero attached hydrogens (tertiary/aromatic N) is 3. The standard InChI is InChI=1S/C20H27N3O3/c1-20(2,26-17-10-6-5-9-16(17)25-4)19(24)23-12-7-8-15(14-23)18-21-11-13-22(18)3/h5-6,9-11,13,15H,7-8,12,14H2,1-4H3/t15-/m0/s1. The number of carbonyl (C=O) groups is 1. The van der Waals surface area contributed by atoms with Gasteiger partial charge in [-0.3, -0.25) is 4.79 Å². The highest BCUT2D eigenvalue weighted by molar-refractivity contribution is 5.85. The second-order valence-electron chi connectivity index (χ2n) is 7.25. The first-order valence-corrected chi connectivity index (χ1v) is 9.01. The summed E-state index contributed by atoms with van der Waals surface area (Å²) in [5, 5.41) is 0. The molecule has 1 fully saturated rings. The van der Waals surface area contributed by atoms with E-state index in [9.17, 15) is 4.79 Å². The normalized spacial score (nSPS) is 17.8. The summed E-state index contributed by atoms with van der Waals surface area (Å²) in [7, 11) is 3.59. The molecule has 1 atom stereocenters. The van der Waals surface area contributed by atoms with E-state index in [0.717, 1.165) is 25.2 Å². The van der Waals surface area contributed by atoms with E-state index in [0.29, 0.717) is 18.0 Å². The van der Waals surface area contributed by atoms with Crippen LogP contribution in [0.4, 0.5) is 0 Å². The van der Waals surface area contributed by atoms with Crippen LogP contribution in [-0.2, 0) is 11.8 Å². The molecule has 1 aromatic heterocycles. The van der Waals surface area contributed by atoms with Gasteiger partial charge in [0, 0.05) is 38.4 Å². The minimum Gasteiger partial charge on any atom is -0.493 e. The average Bonchev–Trinajstić information content (AvgIpc) is 3.07. The van der Waals surface area contributed by atoms with Gasteiger partial charge in [0.15, 0.2) is 17.1 Å². The Morgan fingerprint density at radius 1 is 1.27 bits per heavy atom. The number of carbonyl (C=O) groups excluding carboxylic acids is 1. The number of likely N-dealkylation sites (tertiary alicyclic amines) is 1. The molecule has 2 aromatic rings. The molecule has 3 rings (SSSR count). The molecule has 0 unspecified atom stereocenters. The molecule has 1 amide bonds. The molecular weight excluding hydrogens is 330 g/mol. The maximum atomic E-state index is 13.2. The van der Waals surface area contributed by atoms with Crippen LogP contribution in [0, 0.1) is 0 Å². The Hall–Kier alpha value is -2.50. The molecule has 0 spiro atoms. The van der Waals surface area contributed by atoms with E-state index in [-0.39, 0.29) is 11.8 Å². The summed E-state index contributed by atoms with van der Waals surface area (Å²) >= 11 is 0. The summed E-state index contributed by atoms with van der Waals surface area (Å²) in [6.45, 7) is 5.04. The summed E-state index contributed by atoms with van der Waals surface area (Å²) in [5.74, 6) is 2.48. The fourth-order valence-electron chi connectivity index (χ4n) is 3.55. The molecule has 26 heavy (non-hydrogen) atoms. The molecule has 1 aromatic carbocycles. The molecule has 1 saturated heterocycles. The molecule has 6 heteroatoms. The van der Waals surface area contributed by atoms with E-state index in [1.165, 1.54) is 0 Å². The molecule has 1 aliphatic rings. The highest BCUT2D eigenvalue weighted by Gasteiger charge is 2.37. The summed E-state index contributed by atoms with van der Waals surface area (Å²) in [5.41, 5.74) is -0.974. The molecule has 0 N–H and O–H groups in total. The van der Waals surface area contributed by atoms with Crippen molar-refractivity contribution in [2.45, 2.75) is 38.2 Å². The van der Waals surface area contributed by atoms with Gasteiger partial charge in [-0.25, -0.2) is 4.98 Å². The van der Waals surface area contributed by atoms with E-state index in [4.69, 9.17) is 9.47 Å². The van der Waals surface area contributed by atoms with Gasteiger partial charge in [0.25, 0.3) is 5.91 Å². The molecule has 0 aliphatic carbocycles. The van der Waals surface area contributed by atoms with Crippen LogP contribution in [0.15, 0.2) is 36.7 Å². The Morgan fingerprint density at radius 2 is 2.00 bits per heavy atom. The molecule has 6 nitrogen and oxygen atoms in total. The van der Waals surface area contributed by atoms with Gasteiger partial charge in [-0.2, -0.15) is 0 Å². The topological polar surface area (TPSA) is 56.6 Å². The van der Waals surface area contributed by atoms with Crippen LogP contribution in [0.25, 0.3) is 0 Å². The summed E-state index contributed by atoms with van der Waals surface area (Å²) in [4.78, 5) is 19.5. The summed E-state index contributed by atoms with van der Waals surface area (Å²) < 4.78 is 13.4. The Morgan fingerprint density at radius 3 is 2.65 bits per heavy atom. The van der Waals surface area contributed by atoms with Gasteiger partial charge in [-0.05, 0) is 38.8 Å². The summed E-state index contributed by atoms with van der Waals surface area (Å²) in [6, 6.07) is 7.40. The van der Waals surface area contributed by atoms with Crippen LogP contribution < -0.4 is 9.47 Å². The van der Waals surface area contributed by atoms with Crippen molar-refractivity contribution in [3.8, 4) is 11.5 Å². The Bertz CT molecular complexity index is 769. The first-order valence-electron chi connectivity index (χ1n) is 9.01. The lowest BCUT2D eigenvalue weighted by Crippen LogP contribution is -2.51. The SMILES string of the molecule is COc1ccccc1OC(C)(C)C(=O)N1CCC[C@H](c2nccn2C)C1. The van der Waals surface area contributed by atoms with E-state index in [1.54, 1.807) is 7.11 Å². The first kappa shape index (κ1) is 18.3. The van der Waals surface area contributed by atoms with Crippen molar-refractivity contribution < 1.29 is 14.3 Å². The van der Waals surface area contributed by atoms with Crippen LogP contribution in [0.5, 0.6) is 11.5 Å². The maximum absolute atomic E-state index is 13.2.